The number of aliphatic hydroxyl groups is 1. The largest absolute Gasteiger partial charge is 0.458 e. The fourth-order valence-corrected chi connectivity index (χ4v) is 13.4. The van der Waals surface area contributed by atoms with E-state index in [0.29, 0.717) is 44.9 Å². The van der Waals surface area contributed by atoms with Crippen molar-refractivity contribution >= 4 is 41.2 Å². The van der Waals surface area contributed by atoms with Crippen molar-refractivity contribution in [3.8, 4) is 0 Å². The Hall–Kier alpha value is -2.26. The maximum absolute atomic E-state index is 14.4. The minimum atomic E-state index is -4.16. The van der Waals surface area contributed by atoms with E-state index in [2.05, 4.69) is 13.8 Å². The number of allylic oxidation sites excluding steroid dienone is 4. The molecule has 0 radical (unpaired) electrons. The van der Waals surface area contributed by atoms with Gasteiger partial charge in [-0.1, -0.05) is 38.3 Å². The van der Waals surface area contributed by atoms with Gasteiger partial charge in [0.2, 0.25) is 11.7 Å². The standard InChI is InChI=1S/C37H56NO13PS/c1-6-49-52(44,50-7-2)34-36-22-29(40)33-26(20-24(3)28-21-25(39)14-16-35(28,33)4)27(36)15-17-37(36,51-34)30(41)23-48-32(43)13-11-9-8-10-12-31(42)38(5)18-19-53(45,46)47/h14,16,21,24,26-27,29,33-34,40H,6-13,15,17-20,22-23H2,1-5H3,(H,45,46,47)/t24-,26-,27-,29-,33+,34?,35-,36-,37-/m0/s1. The number of fused-ring (bicyclic) bond motifs is 4. The van der Waals surface area contributed by atoms with Gasteiger partial charge in [0.05, 0.1) is 30.5 Å². The lowest BCUT2D eigenvalue weighted by molar-refractivity contribution is -0.310. The summed E-state index contributed by atoms with van der Waals surface area (Å²) in [5, 5.41) is 12.1. The van der Waals surface area contributed by atoms with Crippen molar-refractivity contribution in [3.63, 3.8) is 0 Å². The first-order valence-corrected chi connectivity index (χ1v) is 22.2. The van der Waals surface area contributed by atoms with Crippen LogP contribution in [0, 0.1) is 34.5 Å². The monoisotopic (exact) mass is 785 g/mol. The maximum Gasteiger partial charge on any atom is 0.359 e. The molecule has 1 saturated heterocycles. The van der Waals surface area contributed by atoms with Crippen molar-refractivity contribution in [1.82, 2.24) is 4.90 Å². The summed E-state index contributed by atoms with van der Waals surface area (Å²) in [6, 6.07) is 0. The quantitative estimate of drug-likeness (QED) is 0.0843. The normalized spacial score (nSPS) is 34.5. The zero-order valence-electron chi connectivity index (χ0n) is 31.5. The van der Waals surface area contributed by atoms with Gasteiger partial charge in [0, 0.05) is 37.8 Å². The lowest BCUT2D eigenvalue weighted by Crippen LogP contribution is -2.76. The summed E-state index contributed by atoms with van der Waals surface area (Å²) in [6.45, 7) is 7.13. The van der Waals surface area contributed by atoms with Gasteiger partial charge in [-0.15, -0.1) is 0 Å². The van der Waals surface area contributed by atoms with E-state index < -0.39 is 70.2 Å². The smallest absolute Gasteiger partial charge is 0.359 e. The molecule has 3 saturated carbocycles. The van der Waals surface area contributed by atoms with Crippen LogP contribution in [0.4, 0.5) is 0 Å². The van der Waals surface area contributed by atoms with E-state index in [1.54, 1.807) is 26.0 Å². The van der Waals surface area contributed by atoms with Crippen LogP contribution in [0.2, 0.25) is 0 Å². The summed E-state index contributed by atoms with van der Waals surface area (Å²) in [5.41, 5.74) is -2.10. The van der Waals surface area contributed by atoms with E-state index in [4.69, 9.17) is 23.1 Å². The third-order valence-electron chi connectivity index (χ3n) is 12.6. The Morgan fingerprint density at radius 1 is 1.09 bits per heavy atom. The number of ether oxygens (including phenoxy) is 2. The number of carbonyl (C=O) groups excluding carboxylic acids is 4. The summed E-state index contributed by atoms with van der Waals surface area (Å²) in [7, 11) is -6.61. The van der Waals surface area contributed by atoms with Crippen molar-refractivity contribution < 1.29 is 60.3 Å². The molecule has 1 spiro atoms. The van der Waals surface area contributed by atoms with E-state index in [0.717, 1.165) is 5.57 Å². The number of hydrogen-bond acceptors (Lipinski definition) is 12. The second-order valence-electron chi connectivity index (χ2n) is 15.7. The number of carbonyl (C=O) groups is 4. The Morgan fingerprint density at radius 3 is 2.40 bits per heavy atom. The molecule has 1 heterocycles. The molecule has 1 aliphatic heterocycles. The highest BCUT2D eigenvalue weighted by Gasteiger charge is 2.83. The van der Waals surface area contributed by atoms with Gasteiger partial charge in [0.25, 0.3) is 10.1 Å². The number of aliphatic hydroxyl groups excluding tert-OH is 1. The first-order chi connectivity index (χ1) is 24.9. The molecular weight excluding hydrogens is 729 g/mol. The third kappa shape index (κ3) is 7.78. The first kappa shape index (κ1) is 41.9. The number of ketones is 2. The molecule has 14 nitrogen and oxygen atoms in total. The van der Waals surface area contributed by atoms with Gasteiger partial charge in [-0.2, -0.15) is 8.42 Å². The van der Waals surface area contributed by atoms with Gasteiger partial charge in [-0.05, 0) is 82.3 Å². The van der Waals surface area contributed by atoms with Crippen molar-refractivity contribution in [1.29, 1.82) is 0 Å². The average Bonchev–Trinajstić information content (AvgIpc) is 3.32. The molecule has 1 amide bonds. The summed E-state index contributed by atoms with van der Waals surface area (Å²) in [4.78, 5) is 52.9. The SMILES string of the molecule is CCOP(=O)(OCC)C1O[C@]2(C(=O)COC(=O)CCCCCCC(=O)N(C)CCS(=O)(=O)O)CC[C@H]3[C@@H]4C[C@H](C)C5=CC(=O)C=C[C@]5(C)[C@H]4[C@@H](O)C[C@@]132. The highest BCUT2D eigenvalue weighted by Crippen LogP contribution is 2.80. The number of rotatable bonds is 18. The number of hydrogen-bond donors (Lipinski definition) is 2. The maximum atomic E-state index is 14.4. The van der Waals surface area contributed by atoms with Crippen LogP contribution < -0.4 is 0 Å². The highest BCUT2D eigenvalue weighted by molar-refractivity contribution is 7.85. The highest BCUT2D eigenvalue weighted by atomic mass is 32.2. The van der Waals surface area contributed by atoms with Crippen molar-refractivity contribution in [2.24, 2.45) is 34.5 Å². The zero-order valence-corrected chi connectivity index (χ0v) is 33.2. The van der Waals surface area contributed by atoms with Crippen molar-refractivity contribution in [3.05, 3.63) is 23.8 Å². The lowest BCUT2D eigenvalue weighted by Gasteiger charge is -2.68. The molecule has 4 fully saturated rings. The summed E-state index contributed by atoms with van der Waals surface area (Å²) in [5.74, 6) is -3.38. The first-order valence-electron chi connectivity index (χ1n) is 19.0. The predicted octanol–water partition coefficient (Wildman–Crippen LogP) is 4.65. The second kappa shape index (κ2) is 16.1. The van der Waals surface area contributed by atoms with Crippen LogP contribution in [0.25, 0.3) is 0 Å². The zero-order chi connectivity index (χ0) is 39.0. The molecule has 298 valence electrons. The molecule has 1 unspecified atom stereocenters. The molecule has 5 rings (SSSR count). The molecular formula is C37H56NO13PS. The number of unbranched alkanes of at least 4 members (excludes halogenated alkanes) is 3. The van der Waals surface area contributed by atoms with Crippen molar-refractivity contribution in [2.45, 2.75) is 109 Å². The average molecular weight is 786 g/mol. The van der Waals surface area contributed by atoms with E-state index in [1.807, 2.05) is 6.08 Å². The predicted molar refractivity (Wildman–Crippen MR) is 193 cm³/mol. The number of Topliss-reactive ketones (excluding diaryl/α,β-unsaturated/α-hetero) is 1. The molecule has 9 atom stereocenters. The Labute approximate surface area is 312 Å². The van der Waals surface area contributed by atoms with Gasteiger partial charge in [-0.3, -0.25) is 28.3 Å². The molecule has 4 aliphatic carbocycles. The van der Waals surface area contributed by atoms with Crippen LogP contribution in [-0.2, 0) is 52.4 Å². The fraction of sp³-hybridized carbons (Fsp3) is 0.784. The van der Waals surface area contributed by atoms with E-state index >= 15 is 0 Å². The number of esters is 1. The Balaban J connectivity index is 1.25. The van der Waals surface area contributed by atoms with Gasteiger partial charge < -0.3 is 28.5 Å². The third-order valence-corrected chi connectivity index (χ3v) is 15.7. The topological polar surface area (TPSA) is 200 Å². The van der Waals surface area contributed by atoms with Gasteiger partial charge in [0.15, 0.2) is 18.2 Å². The van der Waals surface area contributed by atoms with E-state index in [1.165, 1.54) is 11.9 Å². The van der Waals surface area contributed by atoms with Gasteiger partial charge in [0.1, 0.15) is 5.60 Å². The van der Waals surface area contributed by atoms with Crippen LogP contribution in [0.15, 0.2) is 23.8 Å². The Morgan fingerprint density at radius 2 is 1.75 bits per heavy atom. The summed E-state index contributed by atoms with van der Waals surface area (Å²) >= 11 is 0. The van der Waals surface area contributed by atoms with Gasteiger partial charge in [-0.25, -0.2) is 0 Å². The molecule has 5 aliphatic rings. The van der Waals surface area contributed by atoms with E-state index in [9.17, 15) is 37.3 Å². The Bertz CT molecular complexity index is 1650. The minimum absolute atomic E-state index is 0.0361. The molecule has 0 aromatic heterocycles. The number of amides is 1. The summed E-state index contributed by atoms with van der Waals surface area (Å²) < 4.78 is 68.7. The van der Waals surface area contributed by atoms with Crippen LogP contribution in [0.5, 0.6) is 0 Å². The lowest BCUT2D eigenvalue weighted by atomic mass is 9.43. The van der Waals surface area contributed by atoms with Crippen molar-refractivity contribution in [2.75, 3.05) is 39.2 Å². The fourth-order valence-electron chi connectivity index (χ4n) is 10.5. The van der Waals surface area contributed by atoms with Crippen LogP contribution in [-0.4, -0.2) is 103 Å². The Kier molecular flexibility index (Phi) is 12.7. The molecule has 0 aromatic rings. The molecule has 53 heavy (non-hydrogen) atoms. The molecule has 2 N–H and O–H groups in total. The van der Waals surface area contributed by atoms with Gasteiger partial charge >= 0.3 is 13.6 Å². The second-order valence-corrected chi connectivity index (χ2v) is 19.3. The molecule has 0 aromatic carbocycles. The van der Waals surface area contributed by atoms with Crippen LogP contribution >= 0.6 is 7.60 Å². The van der Waals surface area contributed by atoms with E-state index in [-0.39, 0.29) is 74.4 Å². The van der Waals surface area contributed by atoms with Crippen LogP contribution in [0.3, 0.4) is 0 Å². The summed E-state index contributed by atoms with van der Waals surface area (Å²) in [6.07, 6.45) is 8.51. The molecule has 0 bridgehead atoms. The number of nitrogens with zero attached hydrogens (tertiary/aromatic N) is 1. The minimum Gasteiger partial charge on any atom is -0.458 e. The van der Waals surface area contributed by atoms with Crippen LogP contribution in [0.1, 0.15) is 91.9 Å². The molecule has 16 heteroatoms.